The summed E-state index contributed by atoms with van der Waals surface area (Å²) in [5, 5.41) is 9.73. The van der Waals surface area contributed by atoms with Crippen LogP contribution in [0.4, 0.5) is 0 Å². The highest BCUT2D eigenvalue weighted by Gasteiger charge is 2.30. The first-order valence-corrected chi connectivity index (χ1v) is 7.37. The molecule has 0 bridgehead atoms. The van der Waals surface area contributed by atoms with Gasteiger partial charge in [0.2, 0.25) is 5.91 Å². The normalized spacial score (nSPS) is 18.8. The van der Waals surface area contributed by atoms with Gasteiger partial charge in [-0.15, -0.1) is 0 Å². The van der Waals surface area contributed by atoms with Crippen molar-refractivity contribution in [3.63, 3.8) is 0 Å². The Morgan fingerprint density at radius 1 is 1.33 bits per heavy atom. The molecule has 0 radical (unpaired) electrons. The number of nitrogens with one attached hydrogen (secondary N) is 2. The molecule has 2 heterocycles. The van der Waals surface area contributed by atoms with Gasteiger partial charge >= 0.3 is 0 Å². The zero-order chi connectivity index (χ0) is 14.5. The lowest BCUT2D eigenvalue weighted by molar-refractivity contribution is -0.125. The second kappa shape index (κ2) is 6.54. The summed E-state index contributed by atoms with van der Waals surface area (Å²) in [6.45, 7) is 2.33. The predicted molar refractivity (Wildman–Crippen MR) is 80.3 cm³/mol. The lowest BCUT2D eigenvalue weighted by atomic mass is 10.1. The smallest absolute Gasteiger partial charge is 0.237 e. The van der Waals surface area contributed by atoms with Gasteiger partial charge < -0.3 is 5.32 Å². The molecule has 1 fully saturated rings. The number of carbonyl (C=O) groups excluding carboxylic acids is 1. The summed E-state index contributed by atoms with van der Waals surface area (Å²) in [7, 11) is 0. The Balaban J connectivity index is 1.57. The number of rotatable bonds is 5. The van der Waals surface area contributed by atoms with Crippen molar-refractivity contribution in [3.8, 4) is 0 Å². The molecular formula is C16H20N4O. The summed E-state index contributed by atoms with van der Waals surface area (Å²) < 4.78 is 0. The van der Waals surface area contributed by atoms with Crippen LogP contribution in [-0.4, -0.2) is 33.6 Å². The van der Waals surface area contributed by atoms with Crippen molar-refractivity contribution in [1.29, 1.82) is 0 Å². The first-order valence-electron chi connectivity index (χ1n) is 7.37. The Morgan fingerprint density at radius 2 is 2.19 bits per heavy atom. The zero-order valence-electron chi connectivity index (χ0n) is 12.0. The van der Waals surface area contributed by atoms with Crippen molar-refractivity contribution < 1.29 is 4.79 Å². The van der Waals surface area contributed by atoms with E-state index < -0.39 is 0 Å². The summed E-state index contributed by atoms with van der Waals surface area (Å²) >= 11 is 0. The number of benzene rings is 1. The van der Waals surface area contributed by atoms with E-state index in [1.165, 1.54) is 5.56 Å². The largest absolute Gasteiger partial charge is 0.349 e. The second-order valence-electron chi connectivity index (χ2n) is 5.41. The maximum Gasteiger partial charge on any atom is 0.237 e. The highest BCUT2D eigenvalue weighted by Crippen LogP contribution is 2.20. The quantitative estimate of drug-likeness (QED) is 0.878. The Kier molecular flexibility index (Phi) is 4.31. The highest BCUT2D eigenvalue weighted by molar-refractivity contribution is 5.81. The van der Waals surface area contributed by atoms with E-state index in [2.05, 4.69) is 32.5 Å². The molecule has 1 aromatic carbocycles. The fourth-order valence-corrected chi connectivity index (χ4v) is 2.81. The number of carbonyl (C=O) groups is 1. The molecule has 0 aliphatic carbocycles. The van der Waals surface area contributed by atoms with Gasteiger partial charge in [-0.3, -0.25) is 14.8 Å². The van der Waals surface area contributed by atoms with E-state index in [1.54, 1.807) is 6.20 Å². The van der Waals surface area contributed by atoms with E-state index in [9.17, 15) is 4.79 Å². The molecule has 1 atom stereocenters. The molecule has 0 spiro atoms. The minimum absolute atomic E-state index is 0.0203. The molecule has 5 heteroatoms. The fourth-order valence-electron chi connectivity index (χ4n) is 2.81. The summed E-state index contributed by atoms with van der Waals surface area (Å²) in [4.78, 5) is 14.6. The SMILES string of the molecule is O=C(NCc1ccn[nH]1)[C@H]1CCCN1Cc1ccccc1. The molecule has 1 aliphatic rings. The molecule has 1 aliphatic heterocycles. The van der Waals surface area contributed by atoms with E-state index in [0.29, 0.717) is 6.54 Å². The topological polar surface area (TPSA) is 61.0 Å². The van der Waals surface area contributed by atoms with Gasteiger partial charge in [0, 0.05) is 12.7 Å². The average molecular weight is 284 g/mol. The Labute approximate surface area is 124 Å². The molecule has 2 N–H and O–H groups in total. The van der Waals surface area contributed by atoms with Gasteiger partial charge in [0.05, 0.1) is 18.3 Å². The van der Waals surface area contributed by atoms with Crippen molar-refractivity contribution in [2.75, 3.05) is 6.54 Å². The number of likely N-dealkylation sites (tertiary alicyclic amines) is 1. The number of aromatic nitrogens is 2. The molecule has 1 amide bonds. The van der Waals surface area contributed by atoms with Crippen LogP contribution in [0.5, 0.6) is 0 Å². The second-order valence-corrected chi connectivity index (χ2v) is 5.41. The van der Waals surface area contributed by atoms with E-state index in [0.717, 1.165) is 31.6 Å². The summed E-state index contributed by atoms with van der Waals surface area (Å²) in [5.41, 5.74) is 2.18. The molecule has 1 saturated heterocycles. The van der Waals surface area contributed by atoms with Gasteiger partial charge in [0.15, 0.2) is 0 Å². The third kappa shape index (κ3) is 3.49. The number of nitrogens with zero attached hydrogens (tertiary/aromatic N) is 2. The van der Waals surface area contributed by atoms with Gasteiger partial charge in [-0.25, -0.2) is 0 Å². The maximum atomic E-state index is 12.4. The van der Waals surface area contributed by atoms with Gasteiger partial charge in [-0.1, -0.05) is 30.3 Å². The Hall–Kier alpha value is -2.14. The van der Waals surface area contributed by atoms with Crippen LogP contribution in [0.3, 0.4) is 0 Å². The van der Waals surface area contributed by atoms with Crippen LogP contribution in [-0.2, 0) is 17.9 Å². The van der Waals surface area contributed by atoms with Crippen molar-refractivity contribution in [2.45, 2.75) is 32.0 Å². The van der Waals surface area contributed by atoms with E-state index in [-0.39, 0.29) is 11.9 Å². The molecule has 5 nitrogen and oxygen atoms in total. The molecule has 0 saturated carbocycles. The lowest BCUT2D eigenvalue weighted by Gasteiger charge is -2.23. The fraction of sp³-hybridized carbons (Fsp3) is 0.375. The maximum absolute atomic E-state index is 12.4. The Bertz CT molecular complexity index is 567. The molecule has 3 rings (SSSR count). The van der Waals surface area contributed by atoms with Crippen LogP contribution >= 0.6 is 0 Å². The molecular weight excluding hydrogens is 264 g/mol. The van der Waals surface area contributed by atoms with Crippen LogP contribution in [0, 0.1) is 0 Å². The van der Waals surface area contributed by atoms with E-state index in [4.69, 9.17) is 0 Å². The molecule has 1 aromatic heterocycles. The van der Waals surface area contributed by atoms with Gasteiger partial charge in [0.25, 0.3) is 0 Å². The highest BCUT2D eigenvalue weighted by atomic mass is 16.2. The van der Waals surface area contributed by atoms with Crippen molar-refractivity contribution in [2.24, 2.45) is 0 Å². The van der Waals surface area contributed by atoms with Crippen LogP contribution in [0.1, 0.15) is 24.1 Å². The number of aromatic amines is 1. The molecule has 2 aromatic rings. The van der Waals surface area contributed by atoms with E-state index >= 15 is 0 Å². The van der Waals surface area contributed by atoms with Crippen molar-refractivity contribution in [1.82, 2.24) is 20.4 Å². The number of amides is 1. The predicted octanol–water partition coefficient (Wildman–Crippen LogP) is 1.69. The van der Waals surface area contributed by atoms with Crippen LogP contribution in [0.2, 0.25) is 0 Å². The van der Waals surface area contributed by atoms with Crippen LogP contribution < -0.4 is 5.32 Å². The number of hydrogen-bond donors (Lipinski definition) is 2. The van der Waals surface area contributed by atoms with Gasteiger partial charge in [-0.05, 0) is 31.0 Å². The summed E-state index contributed by atoms with van der Waals surface area (Å²) in [6, 6.07) is 12.2. The monoisotopic (exact) mass is 284 g/mol. The van der Waals surface area contributed by atoms with Crippen molar-refractivity contribution >= 4 is 5.91 Å². The van der Waals surface area contributed by atoms with E-state index in [1.807, 2.05) is 24.3 Å². The molecule has 110 valence electrons. The van der Waals surface area contributed by atoms with Gasteiger partial charge in [-0.2, -0.15) is 5.10 Å². The standard InChI is InChI=1S/C16H20N4O/c21-16(17-11-14-8-9-18-19-14)15-7-4-10-20(15)12-13-5-2-1-3-6-13/h1-3,5-6,8-9,15H,4,7,10-12H2,(H,17,21)(H,18,19)/t15-/m1/s1. The number of H-pyrrole nitrogens is 1. The first-order chi connectivity index (χ1) is 10.3. The molecule has 0 unspecified atom stereocenters. The molecule has 21 heavy (non-hydrogen) atoms. The Morgan fingerprint density at radius 3 is 2.95 bits per heavy atom. The first kappa shape index (κ1) is 13.8. The average Bonchev–Trinajstić information content (AvgIpc) is 3.17. The minimum atomic E-state index is -0.0203. The lowest BCUT2D eigenvalue weighted by Crippen LogP contribution is -2.42. The minimum Gasteiger partial charge on any atom is -0.349 e. The third-order valence-corrected chi connectivity index (χ3v) is 3.91. The third-order valence-electron chi connectivity index (χ3n) is 3.91. The van der Waals surface area contributed by atoms with Crippen LogP contribution in [0.15, 0.2) is 42.6 Å². The summed E-state index contributed by atoms with van der Waals surface area (Å²) in [6.07, 6.45) is 3.70. The number of hydrogen-bond acceptors (Lipinski definition) is 3. The zero-order valence-corrected chi connectivity index (χ0v) is 12.0. The van der Waals surface area contributed by atoms with Crippen molar-refractivity contribution in [3.05, 3.63) is 53.9 Å². The summed E-state index contributed by atoms with van der Waals surface area (Å²) in [5.74, 6) is 0.109. The van der Waals surface area contributed by atoms with Crippen LogP contribution in [0.25, 0.3) is 0 Å². The van der Waals surface area contributed by atoms with Gasteiger partial charge in [0.1, 0.15) is 0 Å².